The first kappa shape index (κ1) is 25.0. The number of carbonyl (C=O) groups is 1. The highest BCUT2D eigenvalue weighted by Gasteiger charge is 2.38. The number of H-pyrrole nitrogens is 2. The molecule has 11 nitrogen and oxygen atoms in total. The van der Waals surface area contributed by atoms with Gasteiger partial charge in [0, 0.05) is 49.5 Å². The van der Waals surface area contributed by atoms with Crippen LogP contribution in [0.2, 0.25) is 0 Å². The third-order valence-electron chi connectivity index (χ3n) is 7.65. The van der Waals surface area contributed by atoms with Gasteiger partial charge in [0.2, 0.25) is 0 Å². The van der Waals surface area contributed by atoms with E-state index in [0.29, 0.717) is 45.8 Å². The van der Waals surface area contributed by atoms with E-state index in [2.05, 4.69) is 21.3 Å². The summed E-state index contributed by atoms with van der Waals surface area (Å²) in [5.41, 5.74) is 4.55. The molecule has 0 spiro atoms. The summed E-state index contributed by atoms with van der Waals surface area (Å²) >= 11 is 0. The predicted molar refractivity (Wildman–Crippen MR) is 144 cm³/mol. The molecule has 5 aromatic rings. The standard InChI is InChI=1S/C28H24F2N8O3/c29-28(30)15-37(7-8-41-16-28)27(40)36-6-5-35-14-20(19-10-17(11-31)9-18(13-36)25(19)35)24-23(26(39)34-33-24)21-12-32-22-3-1-2-4-38(21)22/h1-4,9-10,12,14H,5-8,13,15-16H2,(H2,33,34,39). The molecule has 2 N–H and O–H groups in total. The molecule has 2 aliphatic heterocycles. The van der Waals surface area contributed by atoms with Crippen LogP contribution in [0.15, 0.2) is 53.7 Å². The number of alkyl halides is 2. The number of carbonyl (C=O) groups excluding carboxylic acids is 1. The van der Waals surface area contributed by atoms with Gasteiger partial charge in [0.1, 0.15) is 12.3 Å². The number of aromatic amines is 2. The maximum atomic E-state index is 14.2. The molecule has 41 heavy (non-hydrogen) atoms. The van der Waals surface area contributed by atoms with Crippen LogP contribution >= 0.6 is 0 Å². The van der Waals surface area contributed by atoms with Gasteiger partial charge in [-0.25, -0.2) is 18.6 Å². The molecule has 1 saturated heterocycles. The van der Waals surface area contributed by atoms with Gasteiger partial charge < -0.3 is 19.1 Å². The van der Waals surface area contributed by atoms with Crippen LogP contribution in [0.25, 0.3) is 39.1 Å². The van der Waals surface area contributed by atoms with Crippen molar-refractivity contribution in [3.05, 3.63) is 70.4 Å². The Balaban J connectivity index is 1.32. The summed E-state index contributed by atoms with van der Waals surface area (Å²) in [4.78, 5) is 33.6. The van der Waals surface area contributed by atoms with Gasteiger partial charge in [0.25, 0.3) is 11.5 Å². The molecule has 0 bridgehead atoms. The number of halogens is 2. The third-order valence-corrected chi connectivity index (χ3v) is 7.65. The number of nitriles is 1. The van der Waals surface area contributed by atoms with Gasteiger partial charge in [0.05, 0.1) is 53.4 Å². The maximum Gasteiger partial charge on any atom is 0.320 e. The highest BCUT2D eigenvalue weighted by molar-refractivity contribution is 6.01. The molecule has 0 unspecified atom stereocenters. The zero-order valence-corrected chi connectivity index (χ0v) is 21.7. The van der Waals surface area contributed by atoms with Crippen LogP contribution in [0.1, 0.15) is 11.1 Å². The number of ether oxygens (including phenoxy) is 1. The second kappa shape index (κ2) is 9.31. The van der Waals surface area contributed by atoms with Crippen LogP contribution in [0.3, 0.4) is 0 Å². The lowest BCUT2D eigenvalue weighted by atomic mass is 10.0. The summed E-state index contributed by atoms with van der Waals surface area (Å²) in [6.07, 6.45) is 5.37. The van der Waals surface area contributed by atoms with Crippen molar-refractivity contribution in [1.29, 1.82) is 5.26 Å². The van der Waals surface area contributed by atoms with Gasteiger partial charge >= 0.3 is 6.03 Å². The van der Waals surface area contributed by atoms with Crippen LogP contribution in [0, 0.1) is 11.3 Å². The number of urea groups is 1. The number of nitrogens with one attached hydrogen (secondary N) is 2. The fourth-order valence-corrected chi connectivity index (χ4v) is 5.85. The Kier molecular flexibility index (Phi) is 5.69. The molecular weight excluding hydrogens is 534 g/mol. The Labute approximate surface area is 231 Å². The summed E-state index contributed by atoms with van der Waals surface area (Å²) in [6, 6.07) is 10.7. The lowest BCUT2D eigenvalue weighted by Gasteiger charge is -2.30. The van der Waals surface area contributed by atoms with Crippen molar-refractivity contribution < 1.29 is 18.3 Å². The first-order valence-electron chi connectivity index (χ1n) is 13.1. The highest BCUT2D eigenvalue weighted by atomic mass is 19.3. The molecule has 2 aliphatic rings. The Bertz CT molecular complexity index is 1930. The molecule has 1 fully saturated rings. The van der Waals surface area contributed by atoms with E-state index < -0.39 is 25.1 Å². The number of rotatable bonds is 2. The number of fused-ring (bicyclic) bond motifs is 1. The van der Waals surface area contributed by atoms with E-state index in [1.165, 1.54) is 4.90 Å². The van der Waals surface area contributed by atoms with Gasteiger partial charge in [-0.1, -0.05) is 6.07 Å². The number of hydrogen-bond donors (Lipinski definition) is 2. The van der Waals surface area contributed by atoms with E-state index in [1.54, 1.807) is 18.3 Å². The van der Waals surface area contributed by atoms with E-state index in [-0.39, 0.29) is 31.8 Å². The predicted octanol–water partition coefficient (Wildman–Crippen LogP) is 3.41. The molecule has 6 heterocycles. The average Bonchev–Trinajstić information content (AvgIpc) is 3.58. The van der Waals surface area contributed by atoms with Crippen molar-refractivity contribution in [2.75, 3.05) is 32.8 Å². The fourth-order valence-electron chi connectivity index (χ4n) is 5.85. The largest absolute Gasteiger partial charge is 0.373 e. The van der Waals surface area contributed by atoms with Crippen molar-refractivity contribution in [3.8, 4) is 28.6 Å². The van der Waals surface area contributed by atoms with Gasteiger partial charge in [-0.3, -0.25) is 19.4 Å². The first-order chi connectivity index (χ1) is 19.8. The average molecular weight is 559 g/mol. The van der Waals surface area contributed by atoms with Crippen molar-refractivity contribution in [1.82, 2.24) is 33.9 Å². The summed E-state index contributed by atoms with van der Waals surface area (Å²) in [5.74, 6) is -3.13. The molecule has 0 atom stereocenters. The van der Waals surface area contributed by atoms with Crippen LogP contribution in [-0.4, -0.2) is 78.8 Å². The lowest BCUT2D eigenvalue weighted by molar-refractivity contribution is -0.0660. The molecular formula is C28H24F2N8O3. The Morgan fingerprint density at radius 2 is 2.02 bits per heavy atom. The van der Waals surface area contributed by atoms with Crippen LogP contribution < -0.4 is 5.56 Å². The first-order valence-corrected chi connectivity index (χ1v) is 13.1. The SMILES string of the molecule is N#Cc1cc2c3c(c1)c(-c1[nH][nH]c(=O)c1-c1cnc4ccccn14)cn3CCN(C(=O)N1CCOCC(F)(F)C1)C2. The number of imidazole rings is 1. The molecule has 208 valence electrons. The molecule has 1 aromatic carbocycles. The van der Waals surface area contributed by atoms with E-state index in [0.717, 1.165) is 15.8 Å². The number of benzene rings is 1. The zero-order valence-electron chi connectivity index (χ0n) is 21.7. The number of pyridine rings is 1. The van der Waals surface area contributed by atoms with Crippen LogP contribution in [-0.2, 0) is 17.8 Å². The number of nitrogens with zero attached hydrogens (tertiary/aromatic N) is 6. The summed E-state index contributed by atoms with van der Waals surface area (Å²) in [5, 5.41) is 16.3. The smallest absolute Gasteiger partial charge is 0.320 e. The Morgan fingerprint density at radius 3 is 2.88 bits per heavy atom. The van der Waals surface area contributed by atoms with Crippen LogP contribution in [0.5, 0.6) is 0 Å². The molecule has 7 rings (SSSR count). The summed E-state index contributed by atoms with van der Waals surface area (Å²) in [7, 11) is 0. The van der Waals surface area contributed by atoms with Crippen molar-refractivity contribution in [3.63, 3.8) is 0 Å². The normalized spacial score (nSPS) is 17.0. The highest BCUT2D eigenvalue weighted by Crippen LogP contribution is 2.38. The maximum absolute atomic E-state index is 14.2. The molecule has 13 heteroatoms. The summed E-state index contributed by atoms with van der Waals surface area (Å²) in [6.45, 7) is -0.514. The molecule has 2 amide bonds. The van der Waals surface area contributed by atoms with Gasteiger partial charge in [-0.05, 0) is 29.8 Å². The quantitative estimate of drug-likeness (QED) is 0.343. The number of aromatic nitrogens is 5. The zero-order chi connectivity index (χ0) is 28.3. The van der Waals surface area contributed by atoms with E-state index in [4.69, 9.17) is 4.74 Å². The van der Waals surface area contributed by atoms with E-state index >= 15 is 0 Å². The topological polar surface area (TPSA) is 127 Å². The van der Waals surface area contributed by atoms with Crippen molar-refractivity contribution >= 4 is 22.6 Å². The van der Waals surface area contributed by atoms with E-state index in [9.17, 15) is 23.6 Å². The van der Waals surface area contributed by atoms with E-state index in [1.807, 2.05) is 39.6 Å². The second-order valence-corrected chi connectivity index (χ2v) is 10.3. The molecule has 0 saturated carbocycles. The second-order valence-electron chi connectivity index (χ2n) is 10.3. The molecule has 0 aliphatic carbocycles. The van der Waals surface area contributed by atoms with Crippen molar-refractivity contribution in [2.24, 2.45) is 0 Å². The summed E-state index contributed by atoms with van der Waals surface area (Å²) < 4.78 is 37.2. The fraction of sp³-hybridized carbons (Fsp3) is 0.286. The Morgan fingerprint density at radius 1 is 1.15 bits per heavy atom. The van der Waals surface area contributed by atoms with Crippen molar-refractivity contribution in [2.45, 2.75) is 19.0 Å². The third kappa shape index (κ3) is 4.15. The monoisotopic (exact) mass is 558 g/mol. The Hall–Kier alpha value is -4.96. The lowest BCUT2D eigenvalue weighted by Crippen LogP contribution is -2.48. The minimum atomic E-state index is -3.13. The van der Waals surface area contributed by atoms with Crippen LogP contribution in [0.4, 0.5) is 13.6 Å². The minimum absolute atomic E-state index is 0.0381. The number of amides is 2. The molecule has 0 radical (unpaired) electrons. The van der Waals surface area contributed by atoms with Gasteiger partial charge in [0.15, 0.2) is 0 Å². The number of hydrogen-bond acceptors (Lipinski definition) is 5. The van der Waals surface area contributed by atoms with Gasteiger partial charge in [-0.2, -0.15) is 5.26 Å². The molecule has 4 aromatic heterocycles. The van der Waals surface area contributed by atoms with Gasteiger partial charge in [-0.15, -0.1) is 0 Å². The minimum Gasteiger partial charge on any atom is -0.373 e.